The standard InChI is InChI=1S/C22H26N8O3/c1-22(2,20(31)32)29-12-14(10-24-29)28-9-5-6-13(11-28)18-26-19-15-7-4-8-16(33-3)17(15)25-21(23)30(19)27-18/h4,7-8,10,12-13H,5-6,9,11H2,1-3H3,(H2,23,25)(H,31,32)/t13-/m1/s1. The summed E-state index contributed by atoms with van der Waals surface area (Å²) in [5, 5.41) is 19.3. The molecule has 5 rings (SSSR count). The van der Waals surface area contributed by atoms with Crippen LogP contribution in [0.1, 0.15) is 38.4 Å². The van der Waals surface area contributed by atoms with Gasteiger partial charge in [-0.3, -0.25) is 4.68 Å². The number of carboxylic acids is 1. The monoisotopic (exact) mass is 450 g/mol. The third-order valence-electron chi connectivity index (χ3n) is 6.34. The van der Waals surface area contributed by atoms with Crippen molar-refractivity contribution in [1.82, 2.24) is 29.4 Å². The molecule has 0 amide bonds. The molecule has 3 aromatic heterocycles. The lowest BCUT2D eigenvalue weighted by Gasteiger charge is -2.32. The highest BCUT2D eigenvalue weighted by Gasteiger charge is 2.32. The number of ether oxygens (including phenoxy) is 1. The lowest BCUT2D eigenvalue weighted by molar-refractivity contribution is -0.146. The molecule has 0 aliphatic carbocycles. The van der Waals surface area contributed by atoms with Crippen molar-refractivity contribution >= 4 is 34.2 Å². The number of nitrogens with zero attached hydrogens (tertiary/aromatic N) is 7. The molecule has 4 aromatic rings. The number of carbonyl (C=O) groups is 1. The van der Waals surface area contributed by atoms with Crippen LogP contribution in [0.25, 0.3) is 16.6 Å². The van der Waals surface area contributed by atoms with Crippen molar-refractivity contribution in [3.05, 3.63) is 36.4 Å². The number of aliphatic carboxylic acids is 1. The highest BCUT2D eigenvalue weighted by Crippen LogP contribution is 2.32. The van der Waals surface area contributed by atoms with Gasteiger partial charge in [-0.2, -0.15) is 9.61 Å². The Balaban J connectivity index is 1.47. The summed E-state index contributed by atoms with van der Waals surface area (Å²) in [6.07, 6.45) is 5.40. The summed E-state index contributed by atoms with van der Waals surface area (Å²) in [6, 6.07) is 5.67. The van der Waals surface area contributed by atoms with Gasteiger partial charge in [-0.1, -0.05) is 6.07 Å². The normalized spacial score (nSPS) is 17.1. The number of methoxy groups -OCH3 is 1. The summed E-state index contributed by atoms with van der Waals surface area (Å²) in [4.78, 5) is 23.1. The largest absolute Gasteiger partial charge is 0.494 e. The van der Waals surface area contributed by atoms with Gasteiger partial charge in [-0.15, -0.1) is 5.10 Å². The number of nitrogens with two attached hydrogens (primary N) is 1. The molecule has 11 heteroatoms. The maximum absolute atomic E-state index is 11.6. The van der Waals surface area contributed by atoms with Crippen LogP contribution in [-0.4, -0.2) is 60.6 Å². The second-order valence-electron chi connectivity index (χ2n) is 8.82. The van der Waals surface area contributed by atoms with Gasteiger partial charge in [0.25, 0.3) is 0 Å². The lowest BCUT2D eigenvalue weighted by Crippen LogP contribution is -2.36. The molecule has 1 aliphatic rings. The van der Waals surface area contributed by atoms with Crippen molar-refractivity contribution in [3.8, 4) is 5.75 Å². The van der Waals surface area contributed by atoms with Crippen LogP contribution in [-0.2, 0) is 10.3 Å². The highest BCUT2D eigenvalue weighted by atomic mass is 16.5. The van der Waals surface area contributed by atoms with Gasteiger partial charge in [0.15, 0.2) is 17.0 Å². The summed E-state index contributed by atoms with van der Waals surface area (Å²) in [6.45, 7) is 4.81. The van der Waals surface area contributed by atoms with Crippen molar-refractivity contribution in [2.45, 2.75) is 38.1 Å². The second kappa shape index (κ2) is 7.61. The molecule has 0 bridgehead atoms. The Bertz CT molecular complexity index is 1360. The fourth-order valence-corrected chi connectivity index (χ4v) is 4.28. The molecule has 4 heterocycles. The van der Waals surface area contributed by atoms with Gasteiger partial charge in [0.2, 0.25) is 5.95 Å². The van der Waals surface area contributed by atoms with Gasteiger partial charge in [0.05, 0.1) is 19.0 Å². The quantitative estimate of drug-likeness (QED) is 0.469. The predicted octanol–water partition coefficient (Wildman–Crippen LogP) is 2.27. The molecule has 3 N–H and O–H groups in total. The van der Waals surface area contributed by atoms with Crippen LogP contribution in [0.2, 0.25) is 0 Å². The number of hydrogen-bond acceptors (Lipinski definition) is 8. The number of hydrogen-bond donors (Lipinski definition) is 2. The van der Waals surface area contributed by atoms with Crippen molar-refractivity contribution in [2.24, 2.45) is 0 Å². The molecule has 172 valence electrons. The van der Waals surface area contributed by atoms with Gasteiger partial charge in [0, 0.05) is 30.6 Å². The van der Waals surface area contributed by atoms with E-state index in [0.29, 0.717) is 29.3 Å². The molecule has 1 aromatic carbocycles. The smallest absolute Gasteiger partial charge is 0.331 e. The first-order valence-corrected chi connectivity index (χ1v) is 10.8. The van der Waals surface area contributed by atoms with E-state index in [-0.39, 0.29) is 11.9 Å². The zero-order chi connectivity index (χ0) is 23.3. The molecule has 1 saturated heterocycles. The summed E-state index contributed by atoms with van der Waals surface area (Å²) < 4.78 is 8.51. The molecule has 0 unspecified atom stereocenters. The van der Waals surface area contributed by atoms with Crippen LogP contribution >= 0.6 is 0 Å². The summed E-state index contributed by atoms with van der Waals surface area (Å²) in [5.74, 6) is 0.760. The molecule has 11 nitrogen and oxygen atoms in total. The highest BCUT2D eigenvalue weighted by molar-refractivity contribution is 5.95. The van der Waals surface area contributed by atoms with E-state index in [1.807, 2.05) is 18.2 Å². The minimum Gasteiger partial charge on any atom is -0.494 e. The Kier molecular flexibility index (Phi) is 4.84. The van der Waals surface area contributed by atoms with Crippen LogP contribution in [0.15, 0.2) is 30.6 Å². The Morgan fingerprint density at radius 2 is 2.12 bits per heavy atom. The summed E-state index contributed by atoms with van der Waals surface area (Å²) in [5.41, 5.74) is 7.27. The number of anilines is 2. The van der Waals surface area contributed by atoms with Crippen LogP contribution in [0.3, 0.4) is 0 Å². The summed E-state index contributed by atoms with van der Waals surface area (Å²) >= 11 is 0. The SMILES string of the molecule is COc1cccc2c1nc(N)n1nc([C@@H]3CCCN(c4cnn(C(C)(C)C(=O)O)c4)C3)nc21. The van der Waals surface area contributed by atoms with Gasteiger partial charge >= 0.3 is 5.97 Å². The molecule has 1 fully saturated rings. The number of aromatic nitrogens is 6. The molecular weight excluding hydrogens is 424 g/mol. The van der Waals surface area contributed by atoms with E-state index in [2.05, 4.69) is 20.1 Å². The number of piperidine rings is 1. The zero-order valence-corrected chi connectivity index (χ0v) is 18.8. The van der Waals surface area contributed by atoms with E-state index in [4.69, 9.17) is 15.5 Å². The van der Waals surface area contributed by atoms with E-state index in [0.717, 1.165) is 30.5 Å². The number of para-hydroxylation sites is 1. The predicted molar refractivity (Wildman–Crippen MR) is 123 cm³/mol. The van der Waals surface area contributed by atoms with Gasteiger partial charge in [-0.05, 0) is 38.8 Å². The number of benzene rings is 1. The number of carboxylic acid groups (broad SMARTS) is 1. The van der Waals surface area contributed by atoms with E-state index < -0.39 is 11.5 Å². The van der Waals surface area contributed by atoms with Crippen LogP contribution in [0, 0.1) is 0 Å². The lowest BCUT2D eigenvalue weighted by atomic mass is 9.97. The minimum absolute atomic E-state index is 0.0922. The first-order chi connectivity index (χ1) is 15.8. The topological polar surface area (TPSA) is 137 Å². The van der Waals surface area contributed by atoms with Crippen molar-refractivity contribution < 1.29 is 14.6 Å². The van der Waals surface area contributed by atoms with Crippen molar-refractivity contribution in [1.29, 1.82) is 0 Å². The molecule has 0 spiro atoms. The average molecular weight is 451 g/mol. The van der Waals surface area contributed by atoms with E-state index in [1.54, 1.807) is 37.9 Å². The Morgan fingerprint density at radius 3 is 2.88 bits per heavy atom. The van der Waals surface area contributed by atoms with Gasteiger partial charge in [0.1, 0.15) is 11.3 Å². The molecule has 0 saturated carbocycles. The Labute approximate surface area is 189 Å². The van der Waals surface area contributed by atoms with E-state index in [9.17, 15) is 9.90 Å². The number of nitrogen functional groups attached to an aromatic ring is 1. The number of rotatable bonds is 5. The molecule has 0 radical (unpaired) electrons. The van der Waals surface area contributed by atoms with Gasteiger partial charge < -0.3 is 20.5 Å². The minimum atomic E-state index is -1.12. The average Bonchev–Trinajstić information content (AvgIpc) is 3.48. The molecular formula is C22H26N8O3. The fourth-order valence-electron chi connectivity index (χ4n) is 4.28. The molecule has 1 atom stereocenters. The first-order valence-electron chi connectivity index (χ1n) is 10.8. The third kappa shape index (κ3) is 3.40. The van der Waals surface area contributed by atoms with Crippen molar-refractivity contribution in [3.63, 3.8) is 0 Å². The maximum Gasteiger partial charge on any atom is 0.331 e. The second-order valence-corrected chi connectivity index (χ2v) is 8.82. The Morgan fingerprint density at radius 1 is 1.30 bits per heavy atom. The fraction of sp³-hybridized carbons (Fsp3) is 0.409. The zero-order valence-electron chi connectivity index (χ0n) is 18.8. The maximum atomic E-state index is 11.6. The van der Waals surface area contributed by atoms with Crippen LogP contribution in [0.4, 0.5) is 11.6 Å². The Hall–Kier alpha value is -3.89. The third-order valence-corrected chi connectivity index (χ3v) is 6.34. The van der Waals surface area contributed by atoms with Crippen molar-refractivity contribution in [2.75, 3.05) is 30.8 Å². The van der Waals surface area contributed by atoms with Crippen LogP contribution < -0.4 is 15.4 Å². The first kappa shape index (κ1) is 21.0. The van der Waals surface area contributed by atoms with Crippen LogP contribution in [0.5, 0.6) is 5.75 Å². The number of fused-ring (bicyclic) bond motifs is 3. The summed E-state index contributed by atoms with van der Waals surface area (Å²) in [7, 11) is 1.60. The molecule has 1 aliphatic heterocycles. The van der Waals surface area contributed by atoms with E-state index >= 15 is 0 Å². The molecule has 33 heavy (non-hydrogen) atoms. The van der Waals surface area contributed by atoms with Gasteiger partial charge in [-0.25, -0.2) is 14.8 Å². The van der Waals surface area contributed by atoms with E-state index in [1.165, 1.54) is 4.68 Å².